The Bertz CT molecular complexity index is 1010. The van der Waals surface area contributed by atoms with Gasteiger partial charge in [-0.2, -0.15) is 5.26 Å². The van der Waals surface area contributed by atoms with E-state index in [0.717, 1.165) is 0 Å². The van der Waals surface area contributed by atoms with E-state index in [0.29, 0.717) is 33.6 Å². The Balaban J connectivity index is 2.18. The number of ether oxygens (including phenoxy) is 1. The predicted molar refractivity (Wildman–Crippen MR) is 100.0 cm³/mol. The van der Waals surface area contributed by atoms with Crippen molar-refractivity contribution in [3.05, 3.63) is 69.5 Å². The van der Waals surface area contributed by atoms with Crippen LogP contribution in [0.3, 0.4) is 0 Å². The van der Waals surface area contributed by atoms with Crippen LogP contribution >= 0.6 is 11.6 Å². The molecule has 0 amide bonds. The van der Waals surface area contributed by atoms with Crippen LogP contribution in [-0.2, 0) is 17.8 Å². The van der Waals surface area contributed by atoms with Crippen LogP contribution in [0.25, 0.3) is 5.57 Å². The average Bonchev–Trinajstić information content (AvgIpc) is 2.60. The second-order valence-electron chi connectivity index (χ2n) is 6.49. The van der Waals surface area contributed by atoms with Crippen LogP contribution in [0.15, 0.2) is 42.0 Å². The second-order valence-corrected chi connectivity index (χ2v) is 7.65. The molecule has 0 saturated heterocycles. The van der Waals surface area contributed by atoms with Crippen molar-refractivity contribution < 1.29 is 17.9 Å². The fraction of sp³-hybridized carbons (Fsp3) is 0.211. The van der Waals surface area contributed by atoms with E-state index in [2.05, 4.69) is 10.8 Å². The van der Waals surface area contributed by atoms with Crippen LogP contribution in [0.1, 0.15) is 30.5 Å². The number of hydrogen-bond donors (Lipinski definition) is 1. The standard InChI is InChI=1S/C19H16ClFN2O3S/c1-19(2)14(9-22)18(12-4-6-15(20)16(21)8-12)13-5-3-11(7-17(13)26-19)10-23-27(24)25/h3-8,23H,10H2,1-2H3,(H,24,25)/p-1. The molecule has 0 spiro atoms. The number of fused-ring (bicyclic) bond motifs is 1. The van der Waals surface area contributed by atoms with Crippen molar-refractivity contribution in [3.8, 4) is 11.8 Å². The van der Waals surface area contributed by atoms with Gasteiger partial charge in [0.25, 0.3) is 0 Å². The molecule has 0 fully saturated rings. The van der Waals surface area contributed by atoms with Crippen molar-refractivity contribution in [1.29, 1.82) is 5.26 Å². The molecule has 3 rings (SSSR count). The third kappa shape index (κ3) is 3.89. The quantitative estimate of drug-likeness (QED) is 0.782. The molecule has 8 heteroatoms. The Kier molecular flexibility index (Phi) is 5.36. The molecule has 27 heavy (non-hydrogen) atoms. The van der Waals surface area contributed by atoms with E-state index in [1.165, 1.54) is 12.1 Å². The highest BCUT2D eigenvalue weighted by molar-refractivity contribution is 7.77. The summed E-state index contributed by atoms with van der Waals surface area (Å²) in [6.45, 7) is 3.60. The van der Waals surface area contributed by atoms with Gasteiger partial charge in [0, 0.05) is 28.9 Å². The number of nitrogens with one attached hydrogen (secondary N) is 1. The van der Waals surface area contributed by atoms with E-state index < -0.39 is 22.7 Å². The van der Waals surface area contributed by atoms with Gasteiger partial charge in [-0.25, -0.2) is 9.11 Å². The van der Waals surface area contributed by atoms with E-state index >= 15 is 0 Å². The van der Waals surface area contributed by atoms with Gasteiger partial charge in [0.15, 0.2) is 0 Å². The van der Waals surface area contributed by atoms with E-state index in [1.54, 1.807) is 38.1 Å². The number of halogens is 2. The summed E-state index contributed by atoms with van der Waals surface area (Å²) in [7, 11) is 0. The highest BCUT2D eigenvalue weighted by Gasteiger charge is 2.36. The zero-order valence-electron chi connectivity index (χ0n) is 14.5. The fourth-order valence-electron chi connectivity index (χ4n) is 3.01. The summed E-state index contributed by atoms with van der Waals surface area (Å²) in [4.78, 5) is 0. The topological polar surface area (TPSA) is 85.2 Å². The van der Waals surface area contributed by atoms with Crippen molar-refractivity contribution >= 4 is 28.4 Å². The first-order valence-corrected chi connectivity index (χ1v) is 9.43. The van der Waals surface area contributed by atoms with Crippen LogP contribution in [0, 0.1) is 17.1 Å². The molecular formula is C19H15ClFN2O3S-. The molecule has 0 aliphatic carbocycles. The zero-order valence-corrected chi connectivity index (χ0v) is 16.1. The molecule has 1 heterocycles. The average molecular weight is 406 g/mol. The molecule has 1 N–H and O–H groups in total. The van der Waals surface area contributed by atoms with Gasteiger partial charge in [0.1, 0.15) is 17.2 Å². The highest BCUT2D eigenvalue weighted by Crippen LogP contribution is 2.44. The molecule has 0 saturated carbocycles. The van der Waals surface area contributed by atoms with Crippen molar-refractivity contribution in [1.82, 2.24) is 4.72 Å². The van der Waals surface area contributed by atoms with Gasteiger partial charge in [-0.15, -0.1) is 0 Å². The van der Waals surface area contributed by atoms with Crippen molar-refractivity contribution in [2.45, 2.75) is 26.0 Å². The lowest BCUT2D eigenvalue weighted by molar-refractivity contribution is 0.149. The van der Waals surface area contributed by atoms with Gasteiger partial charge < -0.3 is 9.29 Å². The smallest absolute Gasteiger partial charge is 0.142 e. The maximum atomic E-state index is 14.0. The number of rotatable bonds is 4. The third-order valence-corrected chi connectivity index (χ3v) is 4.93. The normalized spacial score (nSPS) is 16.3. The molecule has 2 aromatic rings. The molecule has 0 aromatic heterocycles. The minimum absolute atomic E-state index is 0.00330. The SMILES string of the molecule is CC1(C)Oc2cc(CNS(=O)[O-])ccc2C(c2ccc(Cl)c(F)c2)=C1C#N. The van der Waals surface area contributed by atoms with Crippen molar-refractivity contribution in [2.24, 2.45) is 0 Å². The highest BCUT2D eigenvalue weighted by atomic mass is 35.5. The Morgan fingerprint density at radius 2 is 2.07 bits per heavy atom. The molecule has 1 atom stereocenters. The summed E-state index contributed by atoms with van der Waals surface area (Å²) in [6.07, 6.45) is 0. The number of nitriles is 1. The molecule has 1 aliphatic heterocycles. The molecule has 1 unspecified atom stereocenters. The fourth-order valence-corrected chi connectivity index (χ4v) is 3.42. The predicted octanol–water partition coefficient (Wildman–Crippen LogP) is 3.86. The summed E-state index contributed by atoms with van der Waals surface area (Å²) < 4.78 is 43.8. The first-order chi connectivity index (χ1) is 12.7. The van der Waals surface area contributed by atoms with Gasteiger partial charge in [-0.05, 0) is 43.2 Å². The molecular weight excluding hydrogens is 391 g/mol. The van der Waals surface area contributed by atoms with E-state index in [1.807, 2.05) is 0 Å². The van der Waals surface area contributed by atoms with Gasteiger partial charge in [0.2, 0.25) is 0 Å². The Morgan fingerprint density at radius 1 is 1.33 bits per heavy atom. The van der Waals surface area contributed by atoms with Gasteiger partial charge in [-0.3, -0.25) is 4.21 Å². The minimum Gasteiger partial charge on any atom is -0.760 e. The second kappa shape index (κ2) is 7.41. The molecule has 1 aliphatic rings. The van der Waals surface area contributed by atoms with Crippen molar-refractivity contribution in [3.63, 3.8) is 0 Å². The monoisotopic (exact) mass is 405 g/mol. The molecule has 0 radical (unpaired) electrons. The van der Waals surface area contributed by atoms with E-state index in [-0.39, 0.29) is 11.6 Å². The maximum absolute atomic E-state index is 14.0. The van der Waals surface area contributed by atoms with Gasteiger partial charge >= 0.3 is 0 Å². The van der Waals surface area contributed by atoms with Crippen LogP contribution < -0.4 is 9.46 Å². The van der Waals surface area contributed by atoms with Crippen LogP contribution in [0.2, 0.25) is 5.02 Å². The summed E-state index contributed by atoms with van der Waals surface area (Å²) >= 11 is 3.41. The molecule has 5 nitrogen and oxygen atoms in total. The first kappa shape index (κ1) is 19.5. The van der Waals surface area contributed by atoms with Gasteiger partial charge in [-0.1, -0.05) is 29.8 Å². The number of benzene rings is 2. The molecule has 2 aromatic carbocycles. The Labute approximate surface area is 163 Å². The third-order valence-electron chi connectivity index (χ3n) is 4.25. The summed E-state index contributed by atoms with van der Waals surface area (Å²) in [5, 5.41) is 9.72. The van der Waals surface area contributed by atoms with E-state index in [4.69, 9.17) is 16.3 Å². The number of hydrogen-bond acceptors (Lipinski definition) is 4. The summed E-state index contributed by atoms with van der Waals surface area (Å²) in [5.74, 6) is -0.0936. The maximum Gasteiger partial charge on any atom is 0.142 e. The first-order valence-electron chi connectivity index (χ1n) is 7.98. The van der Waals surface area contributed by atoms with E-state index in [9.17, 15) is 18.4 Å². The lowest BCUT2D eigenvalue weighted by Crippen LogP contribution is -2.34. The van der Waals surface area contributed by atoms with Gasteiger partial charge in [0.05, 0.1) is 16.7 Å². The zero-order chi connectivity index (χ0) is 19.8. The minimum atomic E-state index is -2.38. The van der Waals surface area contributed by atoms with Crippen molar-refractivity contribution in [2.75, 3.05) is 0 Å². The van der Waals surface area contributed by atoms with Crippen LogP contribution in [-0.4, -0.2) is 14.4 Å². The largest absolute Gasteiger partial charge is 0.760 e. The molecule has 0 bridgehead atoms. The summed E-state index contributed by atoms with van der Waals surface area (Å²) in [6, 6.07) is 11.7. The lowest BCUT2D eigenvalue weighted by Gasteiger charge is -2.34. The molecule has 140 valence electrons. The summed E-state index contributed by atoms with van der Waals surface area (Å²) in [5.41, 5.74) is 1.81. The lowest BCUT2D eigenvalue weighted by atomic mass is 9.83. The number of nitrogens with zero attached hydrogens (tertiary/aromatic N) is 1. The van der Waals surface area contributed by atoms with Crippen LogP contribution in [0.5, 0.6) is 5.75 Å². The Morgan fingerprint density at radius 3 is 2.70 bits per heavy atom. The van der Waals surface area contributed by atoms with Crippen LogP contribution in [0.4, 0.5) is 4.39 Å². The Hall–Kier alpha value is -2.24.